The molecular formula is C21H24N4O2. The zero-order valence-electron chi connectivity index (χ0n) is 15.8. The monoisotopic (exact) mass is 364 g/mol. The number of hydrogen-bond acceptors (Lipinski definition) is 6. The fourth-order valence-electron chi connectivity index (χ4n) is 2.68. The Morgan fingerprint density at radius 1 is 0.889 bits per heavy atom. The van der Waals surface area contributed by atoms with Crippen LogP contribution in [0.25, 0.3) is 0 Å². The van der Waals surface area contributed by atoms with Crippen LogP contribution in [0.4, 0.5) is 17.5 Å². The van der Waals surface area contributed by atoms with Crippen LogP contribution >= 0.6 is 0 Å². The predicted molar refractivity (Wildman–Crippen MR) is 108 cm³/mol. The molecule has 0 spiro atoms. The number of methoxy groups -OCH3 is 2. The van der Waals surface area contributed by atoms with Gasteiger partial charge in [-0.2, -0.15) is 4.98 Å². The second-order valence-corrected chi connectivity index (χ2v) is 6.10. The Kier molecular flexibility index (Phi) is 6.10. The molecule has 0 radical (unpaired) electrons. The van der Waals surface area contributed by atoms with Crippen LogP contribution in [-0.2, 0) is 6.42 Å². The van der Waals surface area contributed by atoms with Gasteiger partial charge in [0.25, 0.3) is 0 Å². The van der Waals surface area contributed by atoms with Crippen molar-refractivity contribution in [3.05, 3.63) is 65.9 Å². The number of nitrogens with zero attached hydrogens (tertiary/aromatic N) is 2. The van der Waals surface area contributed by atoms with E-state index >= 15 is 0 Å². The molecule has 1 aromatic heterocycles. The zero-order valence-corrected chi connectivity index (χ0v) is 15.8. The first-order valence-electron chi connectivity index (χ1n) is 8.80. The summed E-state index contributed by atoms with van der Waals surface area (Å²) < 4.78 is 10.4. The Morgan fingerprint density at radius 3 is 2.41 bits per heavy atom. The van der Waals surface area contributed by atoms with E-state index < -0.39 is 0 Å². The highest BCUT2D eigenvalue weighted by molar-refractivity contribution is 5.56. The van der Waals surface area contributed by atoms with Gasteiger partial charge in [0.15, 0.2) is 0 Å². The molecule has 0 aliphatic rings. The van der Waals surface area contributed by atoms with Crippen LogP contribution in [0.15, 0.2) is 54.6 Å². The number of rotatable bonds is 8. The number of nitrogens with one attached hydrogen (secondary N) is 2. The summed E-state index contributed by atoms with van der Waals surface area (Å²) in [6, 6.07) is 17.7. The van der Waals surface area contributed by atoms with E-state index in [0.717, 1.165) is 41.7 Å². The smallest absolute Gasteiger partial charge is 0.229 e. The van der Waals surface area contributed by atoms with Crippen molar-refractivity contribution >= 4 is 17.5 Å². The fourth-order valence-corrected chi connectivity index (χ4v) is 2.68. The summed E-state index contributed by atoms with van der Waals surface area (Å²) in [7, 11) is 3.33. The third-order valence-electron chi connectivity index (χ3n) is 4.05. The Bertz CT molecular complexity index is 882. The highest BCUT2D eigenvalue weighted by atomic mass is 16.5. The molecule has 2 aromatic carbocycles. The van der Waals surface area contributed by atoms with E-state index in [2.05, 4.69) is 26.7 Å². The first-order valence-corrected chi connectivity index (χ1v) is 8.80. The van der Waals surface area contributed by atoms with Gasteiger partial charge >= 0.3 is 0 Å². The van der Waals surface area contributed by atoms with Gasteiger partial charge in [0, 0.05) is 24.0 Å². The standard InChI is InChI=1S/C21H24N4O2/c1-15-13-20(22-12-11-16-5-4-6-19(14-16)27-3)25-21(23-15)24-17-7-9-18(26-2)10-8-17/h4-10,13-14H,11-12H2,1-3H3,(H2,22,23,24,25). The van der Waals surface area contributed by atoms with Crippen molar-refractivity contribution in [2.24, 2.45) is 0 Å². The molecule has 0 amide bonds. The quantitative estimate of drug-likeness (QED) is 0.624. The van der Waals surface area contributed by atoms with Crippen molar-refractivity contribution in [1.29, 1.82) is 0 Å². The molecule has 0 fully saturated rings. The van der Waals surface area contributed by atoms with Crippen LogP contribution in [0.3, 0.4) is 0 Å². The second kappa shape index (κ2) is 8.89. The number of aryl methyl sites for hydroxylation is 1. The van der Waals surface area contributed by atoms with Crippen molar-refractivity contribution in [2.45, 2.75) is 13.3 Å². The minimum absolute atomic E-state index is 0.559. The van der Waals surface area contributed by atoms with Gasteiger partial charge in [0.1, 0.15) is 17.3 Å². The summed E-state index contributed by atoms with van der Waals surface area (Å²) in [5.41, 5.74) is 3.01. The van der Waals surface area contributed by atoms with E-state index in [1.165, 1.54) is 5.56 Å². The average molecular weight is 364 g/mol. The molecule has 0 saturated carbocycles. The Labute approximate surface area is 159 Å². The normalized spacial score (nSPS) is 10.3. The molecule has 1 heterocycles. The molecule has 3 rings (SSSR count). The Balaban J connectivity index is 1.62. The summed E-state index contributed by atoms with van der Waals surface area (Å²) in [4.78, 5) is 9.00. The lowest BCUT2D eigenvalue weighted by Crippen LogP contribution is -2.08. The SMILES string of the molecule is COc1ccc(Nc2nc(C)cc(NCCc3cccc(OC)c3)n2)cc1. The molecule has 0 aliphatic heterocycles. The van der Waals surface area contributed by atoms with Crippen molar-refractivity contribution in [1.82, 2.24) is 9.97 Å². The lowest BCUT2D eigenvalue weighted by Gasteiger charge is -2.11. The number of benzene rings is 2. The average Bonchev–Trinajstić information content (AvgIpc) is 2.68. The Morgan fingerprint density at radius 2 is 1.67 bits per heavy atom. The maximum Gasteiger partial charge on any atom is 0.229 e. The van der Waals surface area contributed by atoms with Crippen LogP contribution in [0.5, 0.6) is 11.5 Å². The minimum Gasteiger partial charge on any atom is -0.497 e. The topological polar surface area (TPSA) is 68.3 Å². The fraction of sp³-hybridized carbons (Fsp3) is 0.238. The van der Waals surface area contributed by atoms with E-state index in [9.17, 15) is 0 Å². The summed E-state index contributed by atoms with van der Waals surface area (Å²) in [5.74, 6) is 3.03. The van der Waals surface area contributed by atoms with E-state index in [1.807, 2.05) is 55.5 Å². The molecule has 6 heteroatoms. The van der Waals surface area contributed by atoms with Crippen molar-refractivity contribution in [3.8, 4) is 11.5 Å². The molecule has 0 atom stereocenters. The van der Waals surface area contributed by atoms with Crippen LogP contribution in [0.2, 0.25) is 0 Å². The maximum atomic E-state index is 5.26. The first-order chi connectivity index (χ1) is 13.2. The summed E-state index contributed by atoms with van der Waals surface area (Å²) in [6.45, 7) is 2.72. The van der Waals surface area contributed by atoms with Crippen molar-refractivity contribution in [3.63, 3.8) is 0 Å². The number of anilines is 3. The Hall–Kier alpha value is -3.28. The van der Waals surface area contributed by atoms with Crippen LogP contribution in [0, 0.1) is 6.92 Å². The van der Waals surface area contributed by atoms with Crippen molar-refractivity contribution in [2.75, 3.05) is 31.4 Å². The lowest BCUT2D eigenvalue weighted by atomic mass is 10.1. The second-order valence-electron chi connectivity index (χ2n) is 6.10. The molecule has 0 aliphatic carbocycles. The highest BCUT2D eigenvalue weighted by Crippen LogP contribution is 2.19. The van der Waals surface area contributed by atoms with Gasteiger partial charge in [-0.1, -0.05) is 12.1 Å². The highest BCUT2D eigenvalue weighted by Gasteiger charge is 2.04. The molecule has 0 bridgehead atoms. The number of aromatic nitrogens is 2. The van der Waals surface area contributed by atoms with Gasteiger partial charge in [0.2, 0.25) is 5.95 Å². The van der Waals surface area contributed by atoms with Crippen LogP contribution in [0.1, 0.15) is 11.3 Å². The minimum atomic E-state index is 0.559. The third kappa shape index (κ3) is 5.34. The predicted octanol–water partition coefficient (Wildman–Crippen LogP) is 4.20. The van der Waals surface area contributed by atoms with Gasteiger partial charge in [0.05, 0.1) is 14.2 Å². The summed E-state index contributed by atoms with van der Waals surface area (Å²) >= 11 is 0. The summed E-state index contributed by atoms with van der Waals surface area (Å²) in [5, 5.41) is 6.59. The van der Waals surface area contributed by atoms with Gasteiger partial charge in [-0.15, -0.1) is 0 Å². The van der Waals surface area contributed by atoms with E-state index in [-0.39, 0.29) is 0 Å². The molecule has 3 aromatic rings. The lowest BCUT2D eigenvalue weighted by molar-refractivity contribution is 0.414. The number of hydrogen-bond donors (Lipinski definition) is 2. The van der Waals surface area contributed by atoms with Gasteiger partial charge in [-0.05, 0) is 55.3 Å². The molecule has 27 heavy (non-hydrogen) atoms. The van der Waals surface area contributed by atoms with Gasteiger partial charge in [-0.3, -0.25) is 0 Å². The first kappa shape index (κ1) is 18.5. The van der Waals surface area contributed by atoms with Gasteiger partial charge in [-0.25, -0.2) is 4.98 Å². The molecule has 2 N–H and O–H groups in total. The molecule has 140 valence electrons. The zero-order chi connectivity index (χ0) is 19.1. The van der Waals surface area contributed by atoms with E-state index in [0.29, 0.717) is 5.95 Å². The number of ether oxygens (including phenoxy) is 2. The molecule has 6 nitrogen and oxygen atoms in total. The molecular weight excluding hydrogens is 340 g/mol. The maximum absolute atomic E-state index is 5.26. The largest absolute Gasteiger partial charge is 0.497 e. The van der Waals surface area contributed by atoms with E-state index in [1.54, 1.807) is 14.2 Å². The third-order valence-corrected chi connectivity index (χ3v) is 4.05. The van der Waals surface area contributed by atoms with Crippen LogP contribution < -0.4 is 20.1 Å². The van der Waals surface area contributed by atoms with Gasteiger partial charge < -0.3 is 20.1 Å². The van der Waals surface area contributed by atoms with Crippen LogP contribution in [-0.4, -0.2) is 30.7 Å². The summed E-state index contributed by atoms with van der Waals surface area (Å²) in [6.07, 6.45) is 0.876. The molecule has 0 saturated heterocycles. The molecule has 0 unspecified atom stereocenters. The van der Waals surface area contributed by atoms with Crippen molar-refractivity contribution < 1.29 is 9.47 Å². The van der Waals surface area contributed by atoms with E-state index in [4.69, 9.17) is 9.47 Å².